The number of thiazole rings is 1. The highest BCUT2D eigenvalue weighted by atomic mass is 35.5. The molecule has 3 rings (SSSR count). The molecule has 0 atom stereocenters. The van der Waals surface area contributed by atoms with Gasteiger partial charge in [-0.2, -0.15) is 5.10 Å². The molecule has 2 aromatic heterocycles. The number of halogens is 1. The van der Waals surface area contributed by atoms with Crippen molar-refractivity contribution in [3.8, 4) is 0 Å². The van der Waals surface area contributed by atoms with E-state index in [0.29, 0.717) is 23.3 Å². The third kappa shape index (κ3) is 3.25. The van der Waals surface area contributed by atoms with E-state index in [1.165, 1.54) is 11.3 Å². The number of nitrogens with one attached hydrogen (secondary N) is 3. The Bertz CT molecular complexity index is 636. The second-order valence-corrected chi connectivity index (χ2v) is 6.19. The summed E-state index contributed by atoms with van der Waals surface area (Å²) in [5, 5.41) is 13.8. The third-order valence-corrected chi connectivity index (χ3v) is 4.55. The fourth-order valence-electron chi connectivity index (χ4n) is 2.18. The molecule has 0 fully saturated rings. The fourth-order valence-corrected chi connectivity index (χ4v) is 2.99. The zero-order chi connectivity index (χ0) is 14.1. The molecule has 0 spiro atoms. The normalized spacial score (nSPS) is 13.7. The van der Waals surface area contributed by atoms with E-state index in [2.05, 4.69) is 39.7 Å². The van der Waals surface area contributed by atoms with E-state index in [0.717, 1.165) is 29.1 Å². The standard InChI is InChI=1S/C13H17N5OS.ClH/c1-7(2)10-6-15-13(20-10)16-12(19)11-8-5-14-4-3-9(8)17-18-11;/h6-7,14H,3-5H2,1-2H3,(H,17,18)(H,15,16,19);1H. The van der Waals surface area contributed by atoms with Crippen molar-refractivity contribution in [2.75, 3.05) is 11.9 Å². The summed E-state index contributed by atoms with van der Waals surface area (Å²) in [6.07, 6.45) is 2.69. The highest BCUT2D eigenvalue weighted by Crippen LogP contribution is 2.26. The van der Waals surface area contributed by atoms with Crippen molar-refractivity contribution in [3.63, 3.8) is 0 Å². The molecular formula is C13H18ClN5OS. The maximum atomic E-state index is 12.3. The molecule has 6 nitrogen and oxygen atoms in total. The monoisotopic (exact) mass is 327 g/mol. The molecule has 114 valence electrons. The Morgan fingerprint density at radius 1 is 1.48 bits per heavy atom. The number of carbonyl (C=O) groups is 1. The molecule has 0 aliphatic carbocycles. The number of carbonyl (C=O) groups excluding carboxylic acids is 1. The SMILES string of the molecule is CC(C)c1cnc(NC(=O)c2n[nH]c3c2CNCC3)s1.Cl. The molecule has 0 radical (unpaired) electrons. The van der Waals surface area contributed by atoms with Gasteiger partial charge in [-0.3, -0.25) is 15.2 Å². The van der Waals surface area contributed by atoms with Crippen LogP contribution < -0.4 is 10.6 Å². The summed E-state index contributed by atoms with van der Waals surface area (Å²) in [6, 6.07) is 0. The third-order valence-electron chi connectivity index (χ3n) is 3.33. The highest BCUT2D eigenvalue weighted by molar-refractivity contribution is 7.15. The topological polar surface area (TPSA) is 82.7 Å². The van der Waals surface area contributed by atoms with Crippen LogP contribution >= 0.6 is 23.7 Å². The van der Waals surface area contributed by atoms with Crippen molar-refractivity contribution >= 4 is 34.8 Å². The molecular weight excluding hydrogens is 310 g/mol. The number of aromatic amines is 1. The number of anilines is 1. The van der Waals surface area contributed by atoms with Gasteiger partial charge in [0.15, 0.2) is 10.8 Å². The number of rotatable bonds is 3. The Balaban J connectivity index is 0.00000161. The second kappa shape index (κ2) is 6.55. The Morgan fingerprint density at radius 3 is 3.00 bits per heavy atom. The number of hydrogen-bond acceptors (Lipinski definition) is 5. The molecule has 1 aliphatic heterocycles. The quantitative estimate of drug-likeness (QED) is 0.808. The summed E-state index contributed by atoms with van der Waals surface area (Å²) in [7, 11) is 0. The first-order valence-corrected chi connectivity index (χ1v) is 7.50. The van der Waals surface area contributed by atoms with E-state index < -0.39 is 0 Å². The Morgan fingerprint density at radius 2 is 2.29 bits per heavy atom. The number of fused-ring (bicyclic) bond motifs is 1. The molecule has 0 aromatic carbocycles. The van der Waals surface area contributed by atoms with E-state index in [-0.39, 0.29) is 18.3 Å². The lowest BCUT2D eigenvalue weighted by molar-refractivity contribution is 0.102. The van der Waals surface area contributed by atoms with Crippen LogP contribution in [-0.4, -0.2) is 27.6 Å². The minimum Gasteiger partial charge on any atom is -0.312 e. The van der Waals surface area contributed by atoms with Gasteiger partial charge in [-0.1, -0.05) is 13.8 Å². The van der Waals surface area contributed by atoms with Crippen molar-refractivity contribution in [2.45, 2.75) is 32.7 Å². The number of aromatic nitrogens is 3. The zero-order valence-corrected chi connectivity index (χ0v) is 13.5. The number of hydrogen-bond donors (Lipinski definition) is 3. The van der Waals surface area contributed by atoms with Crippen LogP contribution in [-0.2, 0) is 13.0 Å². The summed E-state index contributed by atoms with van der Waals surface area (Å²) < 4.78 is 0. The summed E-state index contributed by atoms with van der Waals surface area (Å²) in [5.74, 6) is 0.219. The van der Waals surface area contributed by atoms with E-state index in [4.69, 9.17) is 0 Å². The average Bonchev–Trinajstić information content (AvgIpc) is 3.04. The lowest BCUT2D eigenvalue weighted by Gasteiger charge is -2.12. The fraction of sp³-hybridized carbons (Fsp3) is 0.462. The van der Waals surface area contributed by atoms with Gasteiger partial charge in [-0.05, 0) is 5.92 Å². The first kappa shape index (κ1) is 15.9. The van der Waals surface area contributed by atoms with Gasteiger partial charge in [0.2, 0.25) is 0 Å². The molecule has 1 aliphatic rings. The minimum absolute atomic E-state index is 0. The largest absolute Gasteiger partial charge is 0.312 e. The maximum absolute atomic E-state index is 12.3. The summed E-state index contributed by atoms with van der Waals surface area (Å²) in [5.41, 5.74) is 2.48. The molecule has 3 heterocycles. The van der Waals surface area contributed by atoms with Crippen molar-refractivity contribution in [1.29, 1.82) is 0 Å². The number of amides is 1. The van der Waals surface area contributed by atoms with Crippen LogP contribution in [0.2, 0.25) is 0 Å². The molecule has 0 saturated heterocycles. The molecule has 0 bridgehead atoms. The van der Waals surface area contributed by atoms with Crippen LogP contribution in [0.25, 0.3) is 0 Å². The highest BCUT2D eigenvalue weighted by Gasteiger charge is 2.22. The van der Waals surface area contributed by atoms with Gasteiger partial charge >= 0.3 is 0 Å². The summed E-state index contributed by atoms with van der Waals surface area (Å²) in [4.78, 5) is 17.7. The Labute approximate surface area is 133 Å². The number of nitrogens with zero attached hydrogens (tertiary/aromatic N) is 2. The second-order valence-electron chi connectivity index (χ2n) is 5.13. The van der Waals surface area contributed by atoms with Gasteiger partial charge in [0, 0.05) is 41.8 Å². The maximum Gasteiger partial charge on any atom is 0.278 e. The van der Waals surface area contributed by atoms with Crippen LogP contribution in [0.4, 0.5) is 5.13 Å². The van der Waals surface area contributed by atoms with Crippen molar-refractivity contribution in [2.24, 2.45) is 0 Å². The lowest BCUT2D eigenvalue weighted by atomic mass is 10.1. The molecule has 0 saturated carbocycles. The summed E-state index contributed by atoms with van der Waals surface area (Å²) >= 11 is 1.51. The first-order valence-electron chi connectivity index (χ1n) is 6.69. The van der Waals surface area contributed by atoms with E-state index in [1.54, 1.807) is 0 Å². The van der Waals surface area contributed by atoms with E-state index in [1.807, 2.05) is 6.20 Å². The summed E-state index contributed by atoms with van der Waals surface area (Å²) in [6.45, 7) is 5.81. The van der Waals surface area contributed by atoms with Gasteiger partial charge in [0.05, 0.1) is 0 Å². The Hall–Kier alpha value is -1.44. The van der Waals surface area contributed by atoms with Crippen LogP contribution in [0, 0.1) is 0 Å². The zero-order valence-electron chi connectivity index (χ0n) is 11.9. The molecule has 21 heavy (non-hydrogen) atoms. The van der Waals surface area contributed by atoms with Crippen LogP contribution in [0.3, 0.4) is 0 Å². The predicted molar refractivity (Wildman–Crippen MR) is 85.4 cm³/mol. The lowest BCUT2D eigenvalue weighted by Crippen LogP contribution is -2.25. The first-order chi connectivity index (χ1) is 9.65. The van der Waals surface area contributed by atoms with Gasteiger partial charge in [-0.25, -0.2) is 4.98 Å². The van der Waals surface area contributed by atoms with Crippen LogP contribution in [0.5, 0.6) is 0 Å². The van der Waals surface area contributed by atoms with Crippen LogP contribution in [0.15, 0.2) is 6.20 Å². The molecule has 3 N–H and O–H groups in total. The minimum atomic E-state index is -0.198. The van der Waals surface area contributed by atoms with E-state index in [9.17, 15) is 4.79 Å². The van der Waals surface area contributed by atoms with Gasteiger partial charge < -0.3 is 5.32 Å². The predicted octanol–water partition coefficient (Wildman–Crippen LogP) is 2.31. The van der Waals surface area contributed by atoms with E-state index >= 15 is 0 Å². The molecule has 8 heteroatoms. The van der Waals surface area contributed by atoms with Crippen LogP contribution in [0.1, 0.15) is 46.4 Å². The van der Waals surface area contributed by atoms with Crippen molar-refractivity contribution in [3.05, 3.63) is 28.0 Å². The smallest absolute Gasteiger partial charge is 0.278 e. The molecule has 1 amide bonds. The number of H-pyrrole nitrogens is 1. The van der Waals surface area contributed by atoms with Gasteiger partial charge in [0.1, 0.15) is 0 Å². The van der Waals surface area contributed by atoms with Crippen molar-refractivity contribution in [1.82, 2.24) is 20.5 Å². The van der Waals surface area contributed by atoms with Gasteiger partial charge in [-0.15, -0.1) is 23.7 Å². The Kier molecular flexibility index (Phi) is 4.97. The molecule has 2 aromatic rings. The van der Waals surface area contributed by atoms with Crippen molar-refractivity contribution < 1.29 is 4.79 Å². The van der Waals surface area contributed by atoms with Gasteiger partial charge in [0.25, 0.3) is 5.91 Å². The molecule has 0 unspecified atom stereocenters. The average molecular weight is 328 g/mol.